The molecule has 5 heteroatoms. The van der Waals surface area contributed by atoms with Crippen molar-refractivity contribution in [3.63, 3.8) is 0 Å². The fraction of sp³-hybridized carbons (Fsp3) is 0.455. The number of carbonyl (C=O) groups is 1. The van der Waals surface area contributed by atoms with E-state index < -0.39 is 0 Å². The van der Waals surface area contributed by atoms with Crippen molar-refractivity contribution in [1.82, 2.24) is 10.3 Å². The minimum absolute atomic E-state index is 0.113. The molecule has 4 nitrogen and oxygen atoms in total. The van der Waals surface area contributed by atoms with Crippen LogP contribution < -0.4 is 10.6 Å². The number of amides is 1. The predicted octanol–water partition coefficient (Wildman–Crippen LogP) is 1.92. The maximum atomic E-state index is 11.4. The maximum Gasteiger partial charge on any atom is 0.222 e. The number of nitrogens with one attached hydrogen (secondary N) is 2. The Morgan fingerprint density at radius 3 is 3.25 bits per heavy atom. The predicted molar refractivity (Wildman–Crippen MR) is 66.2 cm³/mol. The van der Waals surface area contributed by atoms with Gasteiger partial charge in [0, 0.05) is 25.2 Å². The first-order valence-electron chi connectivity index (χ1n) is 5.39. The van der Waals surface area contributed by atoms with Crippen LogP contribution in [0, 0.1) is 0 Å². The van der Waals surface area contributed by atoms with Crippen molar-refractivity contribution in [2.75, 3.05) is 11.9 Å². The van der Waals surface area contributed by atoms with Crippen LogP contribution in [-0.2, 0) is 4.79 Å². The zero-order valence-electron chi connectivity index (χ0n) is 8.87. The molecule has 1 saturated heterocycles. The van der Waals surface area contributed by atoms with E-state index in [4.69, 9.17) is 0 Å². The third-order valence-corrected chi connectivity index (χ3v) is 3.22. The molecule has 1 unspecified atom stereocenters. The molecule has 0 radical (unpaired) electrons. The average molecular weight is 284 g/mol. The van der Waals surface area contributed by atoms with Gasteiger partial charge in [-0.05, 0) is 40.9 Å². The zero-order valence-corrected chi connectivity index (χ0v) is 10.5. The summed E-state index contributed by atoms with van der Waals surface area (Å²) in [5, 5.41) is 6.16. The van der Waals surface area contributed by atoms with Crippen molar-refractivity contribution >= 4 is 27.7 Å². The Morgan fingerprint density at radius 1 is 1.56 bits per heavy atom. The van der Waals surface area contributed by atoms with Crippen molar-refractivity contribution in [2.24, 2.45) is 0 Å². The van der Waals surface area contributed by atoms with Gasteiger partial charge in [-0.3, -0.25) is 4.79 Å². The number of carbonyl (C=O) groups excluding carboxylic acids is 1. The quantitative estimate of drug-likeness (QED) is 0.872. The Kier molecular flexibility index (Phi) is 3.77. The first-order chi connectivity index (χ1) is 7.75. The summed E-state index contributed by atoms with van der Waals surface area (Å²) in [5.74, 6) is 0.921. The second-order valence-electron chi connectivity index (χ2n) is 3.87. The van der Waals surface area contributed by atoms with Gasteiger partial charge < -0.3 is 10.6 Å². The minimum Gasteiger partial charge on any atom is -0.366 e. The van der Waals surface area contributed by atoms with Crippen LogP contribution in [0.4, 0.5) is 5.82 Å². The van der Waals surface area contributed by atoms with Crippen LogP contribution in [-0.4, -0.2) is 23.5 Å². The van der Waals surface area contributed by atoms with Gasteiger partial charge in [-0.25, -0.2) is 4.98 Å². The Balaban J connectivity index is 2.03. The first kappa shape index (κ1) is 11.4. The van der Waals surface area contributed by atoms with Crippen LogP contribution in [0.3, 0.4) is 0 Å². The minimum atomic E-state index is 0.113. The van der Waals surface area contributed by atoms with Crippen molar-refractivity contribution in [3.8, 4) is 0 Å². The van der Waals surface area contributed by atoms with Gasteiger partial charge in [-0.1, -0.05) is 0 Å². The van der Waals surface area contributed by atoms with E-state index >= 15 is 0 Å². The Bertz CT molecular complexity index is 383. The van der Waals surface area contributed by atoms with Crippen LogP contribution >= 0.6 is 15.9 Å². The molecule has 1 aromatic rings. The van der Waals surface area contributed by atoms with Gasteiger partial charge in [0.1, 0.15) is 5.82 Å². The van der Waals surface area contributed by atoms with E-state index in [1.807, 2.05) is 12.1 Å². The second kappa shape index (κ2) is 5.30. The van der Waals surface area contributed by atoms with Gasteiger partial charge in [0.2, 0.25) is 5.91 Å². The van der Waals surface area contributed by atoms with E-state index in [0.717, 1.165) is 29.7 Å². The molecule has 0 saturated carbocycles. The summed E-state index contributed by atoms with van der Waals surface area (Å²) in [6.45, 7) is 0.778. The SMILES string of the molecule is O=C1CC(Nc2ncccc2Br)CCCN1. The molecule has 1 aliphatic heterocycles. The van der Waals surface area contributed by atoms with Crippen LogP contribution in [0.1, 0.15) is 19.3 Å². The standard InChI is InChI=1S/C11H14BrN3O/c12-9-4-2-6-14-11(9)15-8-3-1-5-13-10(16)7-8/h2,4,6,8H,1,3,5,7H2,(H,13,16)(H,14,15). The third kappa shape index (κ3) is 2.95. The lowest BCUT2D eigenvalue weighted by Gasteiger charge is -2.16. The number of hydrogen-bond acceptors (Lipinski definition) is 3. The molecule has 1 aromatic heterocycles. The van der Waals surface area contributed by atoms with E-state index in [1.54, 1.807) is 6.20 Å². The molecular weight excluding hydrogens is 270 g/mol. The highest BCUT2D eigenvalue weighted by molar-refractivity contribution is 9.10. The molecule has 0 aromatic carbocycles. The molecule has 1 fully saturated rings. The molecule has 86 valence electrons. The third-order valence-electron chi connectivity index (χ3n) is 2.58. The van der Waals surface area contributed by atoms with Gasteiger partial charge in [0.15, 0.2) is 0 Å². The van der Waals surface area contributed by atoms with Gasteiger partial charge in [-0.2, -0.15) is 0 Å². The zero-order chi connectivity index (χ0) is 11.4. The molecule has 2 N–H and O–H groups in total. The number of pyridine rings is 1. The number of rotatable bonds is 2. The smallest absolute Gasteiger partial charge is 0.222 e. The molecule has 0 spiro atoms. The normalized spacial score (nSPS) is 21.1. The van der Waals surface area contributed by atoms with Gasteiger partial charge in [0.25, 0.3) is 0 Å². The molecule has 2 heterocycles. The van der Waals surface area contributed by atoms with Crippen LogP contribution in [0.25, 0.3) is 0 Å². The summed E-state index contributed by atoms with van der Waals surface area (Å²) in [7, 11) is 0. The summed E-state index contributed by atoms with van der Waals surface area (Å²) in [5.41, 5.74) is 0. The number of nitrogens with zero attached hydrogens (tertiary/aromatic N) is 1. The van der Waals surface area contributed by atoms with Crippen LogP contribution in [0.2, 0.25) is 0 Å². The summed E-state index contributed by atoms with van der Waals surface area (Å²) >= 11 is 3.43. The molecular formula is C11H14BrN3O. The van der Waals surface area contributed by atoms with Gasteiger partial charge in [-0.15, -0.1) is 0 Å². The van der Waals surface area contributed by atoms with Gasteiger partial charge in [0.05, 0.1) is 4.47 Å². The maximum absolute atomic E-state index is 11.4. The second-order valence-corrected chi connectivity index (χ2v) is 4.73. The lowest BCUT2D eigenvalue weighted by atomic mass is 10.1. The Morgan fingerprint density at radius 2 is 2.44 bits per heavy atom. The Hall–Kier alpha value is -1.10. The summed E-state index contributed by atoms with van der Waals surface area (Å²) in [4.78, 5) is 15.6. The number of aromatic nitrogens is 1. The topological polar surface area (TPSA) is 54.0 Å². The molecule has 1 amide bonds. The molecule has 1 aliphatic rings. The van der Waals surface area contributed by atoms with Crippen LogP contribution in [0.15, 0.2) is 22.8 Å². The molecule has 1 atom stereocenters. The molecule has 0 aliphatic carbocycles. The average Bonchev–Trinajstić information content (AvgIpc) is 2.46. The van der Waals surface area contributed by atoms with Crippen molar-refractivity contribution < 1.29 is 4.79 Å². The first-order valence-corrected chi connectivity index (χ1v) is 6.19. The van der Waals surface area contributed by atoms with Gasteiger partial charge >= 0.3 is 0 Å². The van der Waals surface area contributed by atoms with Crippen LogP contribution in [0.5, 0.6) is 0 Å². The molecule has 2 rings (SSSR count). The number of hydrogen-bond donors (Lipinski definition) is 2. The summed E-state index contributed by atoms with van der Waals surface area (Å²) < 4.78 is 0.930. The summed E-state index contributed by atoms with van der Waals surface area (Å²) in [6.07, 6.45) is 4.25. The fourth-order valence-electron chi connectivity index (χ4n) is 1.78. The number of halogens is 1. The highest BCUT2D eigenvalue weighted by Crippen LogP contribution is 2.21. The van der Waals surface area contributed by atoms with Crippen molar-refractivity contribution in [1.29, 1.82) is 0 Å². The lowest BCUT2D eigenvalue weighted by molar-refractivity contribution is -0.120. The van der Waals surface area contributed by atoms with E-state index in [9.17, 15) is 4.79 Å². The molecule has 0 bridgehead atoms. The lowest BCUT2D eigenvalue weighted by Crippen LogP contribution is -2.27. The van der Waals surface area contributed by atoms with E-state index in [0.29, 0.717) is 6.42 Å². The van der Waals surface area contributed by atoms with E-state index in [2.05, 4.69) is 31.5 Å². The van der Waals surface area contributed by atoms with E-state index in [-0.39, 0.29) is 11.9 Å². The van der Waals surface area contributed by atoms with Crippen molar-refractivity contribution in [3.05, 3.63) is 22.8 Å². The highest BCUT2D eigenvalue weighted by Gasteiger charge is 2.17. The Labute approximate surface area is 103 Å². The fourth-order valence-corrected chi connectivity index (χ4v) is 2.15. The number of anilines is 1. The largest absolute Gasteiger partial charge is 0.366 e. The van der Waals surface area contributed by atoms with E-state index in [1.165, 1.54) is 0 Å². The monoisotopic (exact) mass is 283 g/mol. The summed E-state index contributed by atoms with van der Waals surface area (Å²) in [6, 6.07) is 3.98. The van der Waals surface area contributed by atoms with Crippen molar-refractivity contribution in [2.45, 2.75) is 25.3 Å². The molecule has 16 heavy (non-hydrogen) atoms. The highest BCUT2D eigenvalue weighted by atomic mass is 79.9.